The molecule has 2 amide bonds. The Morgan fingerprint density at radius 1 is 0.636 bits per heavy atom. The summed E-state index contributed by atoms with van der Waals surface area (Å²) in [7, 11) is 0. The Kier molecular flexibility index (Phi) is 21.1. The quantitative estimate of drug-likeness (QED) is 0.0346. The second-order valence-corrected chi connectivity index (χ2v) is 13.6. The summed E-state index contributed by atoms with van der Waals surface area (Å²) in [6.07, 6.45) is -7.13. The predicted octanol–water partition coefficient (Wildman–Crippen LogP) is 5.69. The van der Waals surface area contributed by atoms with Gasteiger partial charge in [0.05, 0.1) is 66.1 Å². The van der Waals surface area contributed by atoms with Gasteiger partial charge in [0, 0.05) is 25.1 Å². The van der Waals surface area contributed by atoms with E-state index in [1.54, 1.807) is 0 Å². The summed E-state index contributed by atoms with van der Waals surface area (Å²) in [5, 5.41) is 5.61. The van der Waals surface area contributed by atoms with Gasteiger partial charge in [0.25, 0.3) is 0 Å². The summed E-state index contributed by atoms with van der Waals surface area (Å²) in [6, 6.07) is -0.210. The number of rotatable bonds is 27. The first-order valence-electron chi connectivity index (χ1n) is 17.2. The molecule has 0 heterocycles. The fourth-order valence-corrected chi connectivity index (χ4v) is 5.69. The minimum Gasteiger partial charge on any atom is -0.459 e. The Morgan fingerprint density at radius 3 is 1.56 bits per heavy atom. The average molecular weight is 823 g/mol. The minimum absolute atomic E-state index is 0.0103. The van der Waals surface area contributed by atoms with E-state index in [1.807, 2.05) is 6.92 Å². The molecule has 1 aliphatic rings. The molecule has 0 bridgehead atoms. The maximum Gasteiger partial charge on any atom is 0.460 e. The Bertz CT molecular complexity index is 1180. The second kappa shape index (κ2) is 23.2. The number of alkyl carbamates (subject to hydrolysis) is 2. The van der Waals surface area contributed by atoms with Crippen LogP contribution in [0.4, 0.5) is 49.1 Å². The molecule has 0 aromatic rings. The van der Waals surface area contributed by atoms with Crippen LogP contribution in [0.1, 0.15) is 46.5 Å². The molecule has 0 spiro atoms. The maximum absolute atomic E-state index is 13.4. The van der Waals surface area contributed by atoms with Crippen LogP contribution < -0.4 is 10.6 Å². The Morgan fingerprint density at radius 2 is 1.07 bits per heavy atom. The topological polar surface area (TPSA) is 149 Å². The largest absolute Gasteiger partial charge is 0.460 e. The van der Waals surface area contributed by atoms with Gasteiger partial charge in [-0.15, -0.1) is 0 Å². The molecular formula is C33H51F9N2O11. The first kappa shape index (κ1) is 49.9. The van der Waals surface area contributed by atoms with Crippen molar-refractivity contribution in [3.63, 3.8) is 0 Å². The molecule has 1 rings (SSSR count). The van der Waals surface area contributed by atoms with Crippen molar-refractivity contribution in [2.24, 2.45) is 10.8 Å². The lowest BCUT2D eigenvalue weighted by molar-refractivity contribution is -0.397. The molecule has 22 heteroatoms. The van der Waals surface area contributed by atoms with Crippen molar-refractivity contribution >= 4 is 18.2 Å². The van der Waals surface area contributed by atoms with Gasteiger partial charge in [0.2, 0.25) is 0 Å². The summed E-state index contributed by atoms with van der Waals surface area (Å²) in [5.41, 5.74) is -0.488. The molecule has 0 aromatic heterocycles. The number of hydrogen-bond donors (Lipinski definition) is 2. The van der Waals surface area contributed by atoms with Crippen LogP contribution in [-0.4, -0.2) is 141 Å². The van der Waals surface area contributed by atoms with Gasteiger partial charge in [0.15, 0.2) is 0 Å². The lowest BCUT2D eigenvalue weighted by Gasteiger charge is -2.46. The van der Waals surface area contributed by atoms with Gasteiger partial charge in [-0.3, -0.25) is 0 Å². The molecule has 322 valence electrons. The fourth-order valence-electron chi connectivity index (χ4n) is 5.69. The fraction of sp³-hybridized carbons (Fsp3) is 0.848. The van der Waals surface area contributed by atoms with Crippen molar-refractivity contribution in [1.82, 2.24) is 10.6 Å². The highest BCUT2D eigenvalue weighted by atomic mass is 19.4. The van der Waals surface area contributed by atoms with Crippen molar-refractivity contribution in [3.8, 4) is 0 Å². The maximum atomic E-state index is 13.4. The molecule has 1 aliphatic carbocycles. The first-order valence-corrected chi connectivity index (χ1v) is 17.2. The average Bonchev–Trinajstić information content (AvgIpc) is 3.07. The predicted molar refractivity (Wildman–Crippen MR) is 174 cm³/mol. The molecule has 0 radical (unpaired) electrons. The molecule has 1 saturated carbocycles. The molecule has 2 unspecified atom stereocenters. The van der Waals surface area contributed by atoms with Crippen LogP contribution in [0.5, 0.6) is 0 Å². The van der Waals surface area contributed by atoms with Crippen LogP contribution in [0, 0.1) is 10.8 Å². The summed E-state index contributed by atoms with van der Waals surface area (Å²) in [6.45, 7) is 8.63. The van der Waals surface area contributed by atoms with E-state index >= 15 is 0 Å². The van der Waals surface area contributed by atoms with Gasteiger partial charge in [-0.2, -0.15) is 39.5 Å². The van der Waals surface area contributed by atoms with E-state index in [0.29, 0.717) is 19.4 Å². The highest BCUT2D eigenvalue weighted by molar-refractivity contribution is 5.81. The van der Waals surface area contributed by atoms with Gasteiger partial charge in [-0.25, -0.2) is 14.4 Å². The van der Waals surface area contributed by atoms with Crippen LogP contribution >= 0.6 is 0 Å². The van der Waals surface area contributed by atoms with Crippen molar-refractivity contribution in [2.45, 2.75) is 76.4 Å². The lowest BCUT2D eigenvalue weighted by atomic mass is 9.62. The number of nitrogens with one attached hydrogen (secondary N) is 2. The number of carbonyl (C=O) groups is 3. The third-order valence-electron chi connectivity index (χ3n) is 7.87. The summed E-state index contributed by atoms with van der Waals surface area (Å²) in [5.74, 6) is -19.9. The summed E-state index contributed by atoms with van der Waals surface area (Å²) >= 11 is 0. The SMILES string of the molecule is C=CC(=O)OCCOC(=O)NC1CC(C)(C)CC(C)(CNC(=O)OCCOCCOCCOCCOCCOCCC(F)(F)C(F)(F)C(F)(F)C(F)(F)F)C1. The Balaban J connectivity index is 2.07. The van der Waals surface area contributed by atoms with Crippen LogP contribution in [0.25, 0.3) is 0 Å². The van der Waals surface area contributed by atoms with Crippen molar-refractivity contribution in [2.75, 3.05) is 92.4 Å². The van der Waals surface area contributed by atoms with Crippen LogP contribution in [0.15, 0.2) is 12.7 Å². The first-order chi connectivity index (χ1) is 25.5. The molecule has 13 nitrogen and oxygen atoms in total. The number of carbonyl (C=O) groups excluding carboxylic acids is 3. The molecular weight excluding hydrogens is 771 g/mol. The zero-order valence-electron chi connectivity index (χ0n) is 31.0. The normalized spacial score (nSPS) is 19.0. The standard InChI is InChI=1S/C33H51F9N2O11/c1-5-25(45)53-18-19-55-27(47)44-24-20-28(2,3)22-29(4,21-24)23-43-26(46)54-17-16-52-15-14-51-13-12-50-11-10-49-9-8-48-7-6-30(34,35)31(36,37)32(38,39)33(40,41)42/h5,24H,1,6-23H2,2-4H3,(H,43,46)(H,44,47). The smallest absolute Gasteiger partial charge is 0.459 e. The van der Waals surface area contributed by atoms with Gasteiger partial charge >= 0.3 is 42.1 Å². The number of amides is 2. The van der Waals surface area contributed by atoms with E-state index in [4.69, 9.17) is 33.2 Å². The molecule has 1 fully saturated rings. The number of alkyl halides is 9. The Labute approximate surface area is 313 Å². The van der Waals surface area contributed by atoms with Crippen LogP contribution in [0.2, 0.25) is 0 Å². The van der Waals surface area contributed by atoms with E-state index in [9.17, 15) is 53.9 Å². The number of esters is 1. The lowest BCUT2D eigenvalue weighted by Crippen LogP contribution is -2.61. The van der Waals surface area contributed by atoms with E-state index in [1.165, 1.54) is 0 Å². The highest BCUT2D eigenvalue weighted by Crippen LogP contribution is 2.54. The van der Waals surface area contributed by atoms with Gasteiger partial charge < -0.3 is 48.5 Å². The minimum atomic E-state index is -6.93. The van der Waals surface area contributed by atoms with Crippen LogP contribution in [-0.2, 0) is 42.7 Å². The zero-order valence-corrected chi connectivity index (χ0v) is 31.0. The van der Waals surface area contributed by atoms with E-state index in [-0.39, 0.29) is 89.5 Å². The van der Waals surface area contributed by atoms with Gasteiger partial charge in [-0.1, -0.05) is 27.4 Å². The molecule has 0 saturated heterocycles. The van der Waals surface area contributed by atoms with Gasteiger partial charge in [0.1, 0.15) is 19.8 Å². The molecule has 55 heavy (non-hydrogen) atoms. The van der Waals surface area contributed by atoms with E-state index in [0.717, 1.165) is 12.5 Å². The van der Waals surface area contributed by atoms with E-state index in [2.05, 4.69) is 35.8 Å². The zero-order chi connectivity index (χ0) is 41.8. The third-order valence-corrected chi connectivity index (χ3v) is 7.87. The number of ether oxygens (including phenoxy) is 8. The summed E-state index contributed by atoms with van der Waals surface area (Å²) in [4.78, 5) is 35.6. The Hall–Kier alpha value is -3.08. The van der Waals surface area contributed by atoms with Gasteiger partial charge in [-0.05, 0) is 30.1 Å². The highest BCUT2D eigenvalue weighted by Gasteiger charge is 2.81. The molecule has 0 aliphatic heterocycles. The van der Waals surface area contributed by atoms with Crippen LogP contribution in [0.3, 0.4) is 0 Å². The molecule has 2 atom stereocenters. The monoisotopic (exact) mass is 822 g/mol. The summed E-state index contributed by atoms with van der Waals surface area (Å²) < 4.78 is 156. The molecule has 2 N–H and O–H groups in total. The number of halogens is 9. The molecule has 0 aromatic carbocycles. The van der Waals surface area contributed by atoms with E-state index < -0.39 is 61.7 Å². The number of hydrogen-bond acceptors (Lipinski definition) is 11. The van der Waals surface area contributed by atoms with Crippen molar-refractivity contribution in [1.29, 1.82) is 0 Å². The van der Waals surface area contributed by atoms with Crippen molar-refractivity contribution < 1.29 is 91.8 Å². The second-order valence-electron chi connectivity index (χ2n) is 13.6. The third kappa shape index (κ3) is 18.6. The van der Waals surface area contributed by atoms with Crippen molar-refractivity contribution in [3.05, 3.63) is 12.7 Å².